The van der Waals surface area contributed by atoms with Gasteiger partial charge in [0.25, 0.3) is 0 Å². The van der Waals surface area contributed by atoms with E-state index in [0.29, 0.717) is 6.61 Å². The largest absolute Gasteiger partial charge is 0.464 e. The summed E-state index contributed by atoms with van der Waals surface area (Å²) in [5, 5.41) is 0.962. The molecular formula is C24H39NO2S5. The van der Waals surface area contributed by atoms with E-state index in [1.165, 1.54) is 76.0 Å². The predicted molar refractivity (Wildman–Crippen MR) is 152 cm³/mol. The van der Waals surface area contributed by atoms with Crippen LogP contribution in [-0.4, -0.2) is 37.3 Å². The standard InChI is InChI=1S/C24H39NO2S5/c1-4-5-6-7-8-9-10-11-12-15-19-29-23(28)31-24(2,3)22(26)27-18-20-30-32-21-16-13-14-17-25-21/h13-14,16-17H,4-12,15,18-20H2,1-3H3. The number of thiocarbonyl (C=S) groups is 1. The van der Waals surface area contributed by atoms with E-state index in [1.54, 1.807) is 39.5 Å². The van der Waals surface area contributed by atoms with Crippen molar-refractivity contribution in [3.05, 3.63) is 24.4 Å². The molecule has 0 saturated carbocycles. The Kier molecular flexibility index (Phi) is 18.3. The van der Waals surface area contributed by atoms with Crippen molar-refractivity contribution in [2.45, 2.75) is 94.8 Å². The highest BCUT2D eigenvalue weighted by molar-refractivity contribution is 8.76. The zero-order chi connectivity index (χ0) is 23.5. The molecule has 1 rings (SSSR count). The maximum absolute atomic E-state index is 12.5. The van der Waals surface area contributed by atoms with E-state index in [4.69, 9.17) is 17.0 Å². The van der Waals surface area contributed by atoms with Crippen molar-refractivity contribution in [2.24, 2.45) is 0 Å². The van der Waals surface area contributed by atoms with Crippen molar-refractivity contribution in [2.75, 3.05) is 18.1 Å². The third-order valence-corrected chi connectivity index (χ3v) is 9.74. The predicted octanol–water partition coefficient (Wildman–Crippen LogP) is 8.82. The van der Waals surface area contributed by atoms with Crippen LogP contribution in [0.15, 0.2) is 29.4 Å². The molecule has 1 aromatic heterocycles. The first-order valence-electron chi connectivity index (χ1n) is 11.7. The number of hydrogen-bond acceptors (Lipinski definition) is 8. The Balaban J connectivity index is 2.03. The van der Waals surface area contributed by atoms with Gasteiger partial charge in [-0.1, -0.05) is 106 Å². The number of carbonyl (C=O) groups excluding carboxylic acids is 1. The quantitative estimate of drug-likeness (QED) is 0.0802. The van der Waals surface area contributed by atoms with Crippen molar-refractivity contribution in [1.82, 2.24) is 4.98 Å². The zero-order valence-corrected chi connectivity index (χ0v) is 23.9. The van der Waals surface area contributed by atoms with Crippen LogP contribution >= 0.6 is 57.3 Å². The fourth-order valence-electron chi connectivity index (χ4n) is 2.87. The Morgan fingerprint density at radius 3 is 2.28 bits per heavy atom. The van der Waals surface area contributed by atoms with Gasteiger partial charge in [-0.05, 0) is 48.9 Å². The lowest BCUT2D eigenvalue weighted by atomic mass is 10.1. The van der Waals surface area contributed by atoms with Crippen molar-refractivity contribution in [3.63, 3.8) is 0 Å². The van der Waals surface area contributed by atoms with Crippen molar-refractivity contribution < 1.29 is 9.53 Å². The number of rotatable bonds is 18. The normalized spacial score (nSPS) is 11.5. The van der Waals surface area contributed by atoms with Crippen LogP contribution < -0.4 is 0 Å². The molecule has 32 heavy (non-hydrogen) atoms. The fourth-order valence-corrected chi connectivity index (χ4v) is 7.63. The Bertz CT molecular complexity index is 628. The van der Waals surface area contributed by atoms with Crippen LogP contribution in [0.5, 0.6) is 0 Å². The van der Waals surface area contributed by atoms with Gasteiger partial charge in [-0.2, -0.15) is 0 Å². The highest BCUT2D eigenvalue weighted by atomic mass is 33.1. The number of ether oxygens (including phenoxy) is 1. The molecule has 0 bridgehead atoms. The van der Waals surface area contributed by atoms with Gasteiger partial charge < -0.3 is 4.74 Å². The van der Waals surface area contributed by atoms with Gasteiger partial charge in [0, 0.05) is 11.9 Å². The summed E-state index contributed by atoms with van der Waals surface area (Å²) < 4.78 is 5.66. The molecule has 0 atom stereocenters. The van der Waals surface area contributed by atoms with Crippen molar-refractivity contribution in [1.29, 1.82) is 0 Å². The third kappa shape index (κ3) is 15.9. The van der Waals surface area contributed by atoms with Crippen LogP contribution in [0.25, 0.3) is 0 Å². The number of nitrogens with zero attached hydrogens (tertiary/aromatic N) is 1. The SMILES string of the molecule is CCCCCCCCCCCCSC(=S)SC(C)(C)C(=O)OCCSSc1ccccn1. The smallest absolute Gasteiger partial charge is 0.322 e. The van der Waals surface area contributed by atoms with Gasteiger partial charge in [-0.25, -0.2) is 4.98 Å². The van der Waals surface area contributed by atoms with Gasteiger partial charge >= 0.3 is 5.97 Å². The van der Waals surface area contributed by atoms with E-state index in [-0.39, 0.29) is 5.97 Å². The first kappa shape index (κ1) is 30.1. The third-order valence-electron chi connectivity index (χ3n) is 4.73. The van der Waals surface area contributed by atoms with E-state index in [2.05, 4.69) is 11.9 Å². The second kappa shape index (κ2) is 19.4. The highest BCUT2D eigenvalue weighted by Gasteiger charge is 2.31. The first-order chi connectivity index (χ1) is 15.5. The van der Waals surface area contributed by atoms with E-state index in [1.807, 2.05) is 32.0 Å². The number of carbonyl (C=O) groups is 1. The van der Waals surface area contributed by atoms with Crippen molar-refractivity contribution >= 4 is 66.8 Å². The molecule has 0 saturated heterocycles. The lowest BCUT2D eigenvalue weighted by Crippen LogP contribution is -2.31. The summed E-state index contributed by atoms with van der Waals surface area (Å²) >= 11 is 8.65. The molecule has 0 aliphatic heterocycles. The summed E-state index contributed by atoms with van der Waals surface area (Å²) in [6, 6.07) is 5.83. The van der Waals surface area contributed by atoms with E-state index >= 15 is 0 Å². The van der Waals surface area contributed by atoms with Crippen LogP contribution in [-0.2, 0) is 9.53 Å². The van der Waals surface area contributed by atoms with Crippen molar-refractivity contribution in [3.8, 4) is 0 Å². The minimum atomic E-state index is -0.652. The molecule has 0 spiro atoms. The molecule has 0 aromatic carbocycles. The average Bonchev–Trinajstić information content (AvgIpc) is 2.77. The molecule has 1 aromatic rings. The van der Waals surface area contributed by atoms with Gasteiger partial charge in [0.15, 0.2) is 0 Å². The highest BCUT2D eigenvalue weighted by Crippen LogP contribution is 2.33. The summed E-state index contributed by atoms with van der Waals surface area (Å²) in [4.78, 5) is 16.7. The zero-order valence-electron chi connectivity index (χ0n) is 19.8. The number of aromatic nitrogens is 1. The molecule has 0 aliphatic carbocycles. The summed E-state index contributed by atoms with van der Waals surface area (Å²) in [6.45, 7) is 6.44. The minimum absolute atomic E-state index is 0.201. The number of esters is 1. The van der Waals surface area contributed by atoms with Gasteiger partial charge in [-0.3, -0.25) is 4.79 Å². The lowest BCUT2D eigenvalue weighted by Gasteiger charge is -2.21. The Hall–Kier alpha value is 0.110. The monoisotopic (exact) mass is 533 g/mol. The second-order valence-corrected chi connectivity index (χ2v) is 14.5. The summed E-state index contributed by atoms with van der Waals surface area (Å²) in [5.41, 5.74) is 0. The number of unbranched alkanes of at least 4 members (excludes halogenated alkanes) is 9. The summed E-state index contributed by atoms with van der Waals surface area (Å²) in [5.74, 6) is 1.56. The second-order valence-electron chi connectivity index (χ2n) is 8.10. The van der Waals surface area contributed by atoms with Crippen LogP contribution in [0.2, 0.25) is 0 Å². The van der Waals surface area contributed by atoms with E-state index in [0.717, 1.165) is 20.1 Å². The molecule has 0 aliphatic rings. The topological polar surface area (TPSA) is 39.2 Å². The number of hydrogen-bond donors (Lipinski definition) is 0. The van der Waals surface area contributed by atoms with Gasteiger partial charge in [0.2, 0.25) is 0 Å². The van der Waals surface area contributed by atoms with Gasteiger partial charge in [0.05, 0.1) is 0 Å². The van der Waals surface area contributed by atoms with Crippen LogP contribution in [0.1, 0.15) is 85.0 Å². The molecular weight excluding hydrogens is 495 g/mol. The number of pyridine rings is 1. The lowest BCUT2D eigenvalue weighted by molar-refractivity contribution is -0.144. The Morgan fingerprint density at radius 1 is 1.00 bits per heavy atom. The van der Waals surface area contributed by atoms with Gasteiger partial charge in [-0.15, -0.1) is 11.8 Å². The molecule has 0 fully saturated rings. The minimum Gasteiger partial charge on any atom is -0.464 e. The maximum Gasteiger partial charge on any atom is 0.322 e. The average molecular weight is 534 g/mol. The van der Waals surface area contributed by atoms with Crippen LogP contribution in [0, 0.1) is 0 Å². The molecule has 0 unspecified atom stereocenters. The van der Waals surface area contributed by atoms with Gasteiger partial charge in [0.1, 0.15) is 19.9 Å². The maximum atomic E-state index is 12.5. The molecule has 0 radical (unpaired) electrons. The molecule has 3 nitrogen and oxygen atoms in total. The van der Waals surface area contributed by atoms with E-state index in [9.17, 15) is 4.79 Å². The summed E-state index contributed by atoms with van der Waals surface area (Å²) in [7, 11) is 3.23. The number of thioether (sulfide) groups is 2. The van der Waals surface area contributed by atoms with Crippen LogP contribution in [0.3, 0.4) is 0 Å². The van der Waals surface area contributed by atoms with E-state index < -0.39 is 4.75 Å². The molecule has 182 valence electrons. The first-order valence-corrected chi connectivity index (χ1v) is 16.2. The Labute approximate surface area is 217 Å². The Morgan fingerprint density at radius 2 is 1.66 bits per heavy atom. The van der Waals surface area contributed by atoms with Crippen LogP contribution in [0.4, 0.5) is 0 Å². The molecule has 1 heterocycles. The molecule has 8 heteroatoms. The fraction of sp³-hybridized carbons (Fsp3) is 0.708. The molecule has 0 N–H and O–H groups in total. The molecule has 0 amide bonds. The summed E-state index contributed by atoms with van der Waals surface area (Å²) in [6.07, 6.45) is 15.2.